The number of hydrogen-bond acceptors (Lipinski definition) is 6. The molecule has 170 valence electrons. The van der Waals surface area contributed by atoms with E-state index in [0.717, 1.165) is 5.56 Å². The quantitative estimate of drug-likeness (QED) is 0.607. The number of benzene rings is 2. The number of amides is 1. The molecule has 2 aliphatic rings. The van der Waals surface area contributed by atoms with Gasteiger partial charge in [-0.15, -0.1) is 0 Å². The lowest BCUT2D eigenvalue weighted by Gasteiger charge is -2.26. The number of aliphatic imine (C=N–C) groups is 1. The molecule has 0 saturated carbocycles. The van der Waals surface area contributed by atoms with Crippen LogP contribution in [0.25, 0.3) is 0 Å². The van der Waals surface area contributed by atoms with Gasteiger partial charge in [-0.05, 0) is 42.0 Å². The Morgan fingerprint density at radius 3 is 2.44 bits per heavy atom. The molecule has 0 unspecified atom stereocenters. The standard InChI is InChI=1S/C21H21Cl2N3O4S2/c22-18-6-1-15(13-19(18)23)14-31-21-24-7-8-26(21)20(27)16-2-4-17(5-3-16)32(28,29)25-9-11-30-12-10-25/h1-6,13H,7-12,14H2. The maximum atomic E-state index is 13.0. The molecule has 0 N–H and O–H groups in total. The SMILES string of the molecule is O=C(c1ccc(S(=O)(=O)N2CCOCC2)cc1)N1CCN=C1SCc1ccc(Cl)c(Cl)c1. The Bertz CT molecular complexity index is 1130. The summed E-state index contributed by atoms with van der Waals surface area (Å²) in [5.74, 6) is 0.383. The predicted molar refractivity (Wildman–Crippen MR) is 127 cm³/mol. The van der Waals surface area contributed by atoms with Crippen LogP contribution in [0.2, 0.25) is 10.0 Å². The highest BCUT2D eigenvalue weighted by atomic mass is 35.5. The Kier molecular flexibility index (Phi) is 7.44. The minimum absolute atomic E-state index is 0.167. The summed E-state index contributed by atoms with van der Waals surface area (Å²) in [5, 5.41) is 1.61. The van der Waals surface area contributed by atoms with Crippen LogP contribution in [0.15, 0.2) is 52.4 Å². The van der Waals surface area contributed by atoms with Gasteiger partial charge in [-0.2, -0.15) is 4.31 Å². The number of rotatable bonds is 5. The van der Waals surface area contributed by atoms with Gasteiger partial charge in [0.15, 0.2) is 5.17 Å². The van der Waals surface area contributed by atoms with E-state index in [9.17, 15) is 13.2 Å². The Morgan fingerprint density at radius 1 is 1.03 bits per heavy atom. The Hall–Kier alpha value is -1.62. The molecule has 1 saturated heterocycles. The number of ether oxygens (including phenoxy) is 1. The van der Waals surface area contributed by atoms with E-state index < -0.39 is 10.0 Å². The smallest absolute Gasteiger partial charge is 0.259 e. The summed E-state index contributed by atoms with van der Waals surface area (Å²) >= 11 is 13.5. The van der Waals surface area contributed by atoms with Crippen molar-refractivity contribution < 1.29 is 17.9 Å². The van der Waals surface area contributed by atoms with Gasteiger partial charge in [0.2, 0.25) is 10.0 Å². The Balaban J connectivity index is 1.43. The van der Waals surface area contributed by atoms with Crippen LogP contribution in [-0.2, 0) is 20.5 Å². The number of carbonyl (C=O) groups is 1. The van der Waals surface area contributed by atoms with Gasteiger partial charge in [-0.25, -0.2) is 8.42 Å². The molecule has 32 heavy (non-hydrogen) atoms. The number of morpholine rings is 1. The molecule has 1 amide bonds. The van der Waals surface area contributed by atoms with Gasteiger partial charge in [-0.1, -0.05) is 41.0 Å². The van der Waals surface area contributed by atoms with Gasteiger partial charge >= 0.3 is 0 Å². The fourth-order valence-corrected chi connectivity index (χ4v) is 6.09. The molecule has 11 heteroatoms. The molecule has 4 rings (SSSR count). The topological polar surface area (TPSA) is 79.3 Å². The summed E-state index contributed by atoms with van der Waals surface area (Å²) in [6.45, 7) is 2.42. The molecule has 7 nitrogen and oxygen atoms in total. The zero-order valence-corrected chi connectivity index (χ0v) is 20.2. The van der Waals surface area contributed by atoms with Crippen LogP contribution in [0, 0.1) is 0 Å². The van der Waals surface area contributed by atoms with Crippen LogP contribution in [0.4, 0.5) is 0 Å². The lowest BCUT2D eigenvalue weighted by Crippen LogP contribution is -2.40. The first kappa shape index (κ1) is 23.5. The lowest BCUT2D eigenvalue weighted by atomic mass is 10.2. The average Bonchev–Trinajstić information content (AvgIpc) is 3.28. The molecule has 0 atom stereocenters. The maximum absolute atomic E-state index is 13.0. The van der Waals surface area contributed by atoms with E-state index in [2.05, 4.69) is 4.99 Å². The van der Waals surface area contributed by atoms with Crippen molar-refractivity contribution in [1.29, 1.82) is 0 Å². The van der Waals surface area contributed by atoms with Gasteiger partial charge < -0.3 is 4.74 Å². The minimum Gasteiger partial charge on any atom is -0.379 e. The van der Waals surface area contributed by atoms with Gasteiger partial charge in [0.25, 0.3) is 5.91 Å². The van der Waals surface area contributed by atoms with Crippen LogP contribution < -0.4 is 0 Å². The maximum Gasteiger partial charge on any atom is 0.259 e. The second-order valence-electron chi connectivity index (χ2n) is 7.20. The molecule has 2 aromatic rings. The molecule has 0 bridgehead atoms. The number of sulfonamides is 1. The van der Waals surface area contributed by atoms with E-state index in [4.69, 9.17) is 27.9 Å². The predicted octanol–water partition coefficient (Wildman–Crippen LogP) is 3.76. The summed E-state index contributed by atoms with van der Waals surface area (Å²) < 4.78 is 32.2. The summed E-state index contributed by atoms with van der Waals surface area (Å²) in [5.41, 5.74) is 1.39. The first-order chi connectivity index (χ1) is 15.4. The van der Waals surface area contributed by atoms with Gasteiger partial charge in [0.1, 0.15) is 0 Å². The Morgan fingerprint density at radius 2 is 1.75 bits per heavy atom. The van der Waals surface area contributed by atoms with Gasteiger partial charge in [0, 0.05) is 31.0 Å². The molecule has 1 fully saturated rings. The largest absolute Gasteiger partial charge is 0.379 e. The van der Waals surface area contributed by atoms with E-state index in [1.165, 1.54) is 28.2 Å². The number of thioether (sulfide) groups is 1. The van der Waals surface area contributed by atoms with Gasteiger partial charge in [0.05, 0.1) is 34.7 Å². The normalized spacial score (nSPS) is 17.4. The fourth-order valence-electron chi connectivity index (χ4n) is 3.38. The van der Waals surface area contributed by atoms with Crippen LogP contribution in [0.1, 0.15) is 15.9 Å². The molecule has 0 aromatic heterocycles. The average molecular weight is 514 g/mol. The van der Waals surface area contributed by atoms with Crippen molar-refractivity contribution in [2.45, 2.75) is 10.6 Å². The third kappa shape index (κ3) is 5.13. The molecular weight excluding hydrogens is 493 g/mol. The van der Waals surface area contributed by atoms with E-state index in [0.29, 0.717) is 65.9 Å². The number of amidine groups is 1. The third-order valence-electron chi connectivity index (χ3n) is 5.11. The number of hydrogen-bond donors (Lipinski definition) is 0. The van der Waals surface area contributed by atoms with Crippen molar-refractivity contribution in [3.63, 3.8) is 0 Å². The number of halogens is 2. The highest BCUT2D eigenvalue weighted by molar-refractivity contribution is 8.13. The molecule has 0 radical (unpaired) electrons. The summed E-state index contributed by atoms with van der Waals surface area (Å²) in [7, 11) is -3.60. The highest BCUT2D eigenvalue weighted by Crippen LogP contribution is 2.27. The highest BCUT2D eigenvalue weighted by Gasteiger charge is 2.28. The van der Waals surface area contributed by atoms with Crippen molar-refractivity contribution in [3.8, 4) is 0 Å². The fraction of sp³-hybridized carbons (Fsp3) is 0.333. The van der Waals surface area contributed by atoms with Crippen LogP contribution in [0.3, 0.4) is 0 Å². The van der Waals surface area contributed by atoms with E-state index >= 15 is 0 Å². The second-order valence-corrected chi connectivity index (χ2v) is 10.9. The molecular formula is C21H21Cl2N3O4S2. The Labute approximate surface area is 201 Å². The van der Waals surface area contributed by atoms with Crippen molar-refractivity contribution in [1.82, 2.24) is 9.21 Å². The summed E-state index contributed by atoms with van der Waals surface area (Å²) in [6, 6.07) is 11.5. The van der Waals surface area contributed by atoms with Crippen molar-refractivity contribution in [2.24, 2.45) is 4.99 Å². The summed E-state index contributed by atoms with van der Waals surface area (Å²) in [6.07, 6.45) is 0. The van der Waals surface area contributed by atoms with Crippen molar-refractivity contribution in [2.75, 3.05) is 39.4 Å². The van der Waals surface area contributed by atoms with E-state index in [1.54, 1.807) is 29.2 Å². The van der Waals surface area contributed by atoms with E-state index in [1.807, 2.05) is 6.07 Å². The minimum atomic E-state index is -3.60. The van der Waals surface area contributed by atoms with Crippen molar-refractivity contribution in [3.05, 3.63) is 63.6 Å². The molecule has 0 spiro atoms. The number of nitrogens with zero attached hydrogens (tertiary/aromatic N) is 3. The lowest BCUT2D eigenvalue weighted by molar-refractivity contribution is 0.0730. The first-order valence-electron chi connectivity index (χ1n) is 9.97. The molecule has 0 aliphatic carbocycles. The molecule has 2 aliphatic heterocycles. The first-order valence-corrected chi connectivity index (χ1v) is 13.2. The third-order valence-corrected chi connectivity index (χ3v) is 8.85. The zero-order chi connectivity index (χ0) is 22.7. The molecule has 2 heterocycles. The van der Waals surface area contributed by atoms with Gasteiger partial charge in [-0.3, -0.25) is 14.7 Å². The van der Waals surface area contributed by atoms with Crippen LogP contribution >= 0.6 is 35.0 Å². The molecule has 2 aromatic carbocycles. The van der Waals surface area contributed by atoms with Crippen molar-refractivity contribution >= 4 is 56.1 Å². The van der Waals surface area contributed by atoms with E-state index in [-0.39, 0.29) is 10.8 Å². The monoisotopic (exact) mass is 513 g/mol. The van der Waals surface area contributed by atoms with Crippen LogP contribution in [0.5, 0.6) is 0 Å². The summed E-state index contributed by atoms with van der Waals surface area (Å²) in [4.78, 5) is 19.3. The second kappa shape index (κ2) is 10.1. The zero-order valence-electron chi connectivity index (χ0n) is 17.0. The van der Waals surface area contributed by atoms with Crippen LogP contribution in [-0.4, -0.2) is 68.1 Å². The number of carbonyl (C=O) groups excluding carboxylic acids is 1.